The van der Waals surface area contributed by atoms with Crippen LogP contribution in [0.15, 0.2) is 4.42 Å². The van der Waals surface area contributed by atoms with Gasteiger partial charge in [0.15, 0.2) is 0 Å². The number of likely N-dealkylation sites (tertiary alicyclic amines) is 2. The molecular formula is C20H35N5O3. The molecule has 1 atom stereocenters. The Hall–Kier alpha value is -1.51. The molecule has 0 aromatic carbocycles. The van der Waals surface area contributed by atoms with E-state index in [1.807, 2.05) is 0 Å². The average Bonchev–Trinajstić information content (AvgIpc) is 3.18. The van der Waals surface area contributed by atoms with Gasteiger partial charge in [-0.3, -0.25) is 14.6 Å². The van der Waals surface area contributed by atoms with Gasteiger partial charge in [0.2, 0.25) is 17.7 Å². The van der Waals surface area contributed by atoms with Crippen molar-refractivity contribution in [3.8, 4) is 0 Å². The Morgan fingerprint density at radius 2 is 2.04 bits per heavy atom. The van der Waals surface area contributed by atoms with Crippen LogP contribution in [0.2, 0.25) is 0 Å². The van der Waals surface area contributed by atoms with Crippen LogP contribution in [0.1, 0.15) is 57.2 Å². The van der Waals surface area contributed by atoms with E-state index in [0.717, 1.165) is 58.4 Å². The highest BCUT2D eigenvalue weighted by molar-refractivity contribution is 5.78. The summed E-state index contributed by atoms with van der Waals surface area (Å²) in [5, 5.41) is 11.3. The van der Waals surface area contributed by atoms with Gasteiger partial charge in [-0.25, -0.2) is 0 Å². The predicted octanol–water partition coefficient (Wildman–Crippen LogP) is 1.63. The number of rotatable bonds is 8. The zero-order valence-electron chi connectivity index (χ0n) is 17.5. The Morgan fingerprint density at radius 3 is 2.71 bits per heavy atom. The lowest BCUT2D eigenvalue weighted by Gasteiger charge is -2.41. The molecule has 0 radical (unpaired) electrons. The van der Waals surface area contributed by atoms with E-state index in [-0.39, 0.29) is 17.7 Å². The lowest BCUT2D eigenvalue weighted by atomic mass is 9.93. The van der Waals surface area contributed by atoms with Crippen molar-refractivity contribution in [2.24, 2.45) is 5.92 Å². The van der Waals surface area contributed by atoms with Gasteiger partial charge >= 0.3 is 0 Å². The van der Waals surface area contributed by atoms with Gasteiger partial charge in [0, 0.05) is 45.2 Å². The highest BCUT2D eigenvalue weighted by Crippen LogP contribution is 2.25. The molecule has 1 aromatic rings. The van der Waals surface area contributed by atoms with Crippen molar-refractivity contribution in [3.63, 3.8) is 0 Å². The zero-order valence-corrected chi connectivity index (χ0v) is 17.5. The first-order chi connectivity index (χ1) is 13.6. The summed E-state index contributed by atoms with van der Waals surface area (Å²) in [5.41, 5.74) is 0. The van der Waals surface area contributed by atoms with Crippen molar-refractivity contribution < 1.29 is 13.9 Å². The predicted molar refractivity (Wildman–Crippen MR) is 106 cm³/mol. The Kier molecular flexibility index (Phi) is 7.82. The van der Waals surface area contributed by atoms with Gasteiger partial charge in [-0.15, -0.1) is 10.2 Å². The second-order valence-electron chi connectivity index (χ2n) is 8.31. The molecule has 2 aliphatic heterocycles. The summed E-state index contributed by atoms with van der Waals surface area (Å²) in [6, 6.07) is 0.569. The standard InChI is InChI=1S/C20H35N5O3/c1-15(2)20-23-22-18(28-20)14-24-10-6-17(7-11-24)25-9-4-5-16(13-25)19(26)21-8-12-27-3/h15-17H,4-14H2,1-3H3,(H,21,26). The fraction of sp³-hybridized carbons (Fsp3) is 0.850. The van der Waals surface area contributed by atoms with E-state index in [4.69, 9.17) is 9.15 Å². The molecule has 2 saturated heterocycles. The SMILES string of the molecule is COCCNC(=O)C1CCCN(C2CCN(Cc3nnc(C(C)C)o3)CC2)C1. The molecule has 0 saturated carbocycles. The van der Waals surface area contributed by atoms with Crippen molar-refractivity contribution in [2.75, 3.05) is 46.4 Å². The van der Waals surface area contributed by atoms with Gasteiger partial charge < -0.3 is 14.5 Å². The van der Waals surface area contributed by atoms with Crippen LogP contribution in [0, 0.1) is 5.92 Å². The Balaban J connectivity index is 1.43. The van der Waals surface area contributed by atoms with Gasteiger partial charge in [0.1, 0.15) is 0 Å². The van der Waals surface area contributed by atoms with Crippen molar-refractivity contribution in [3.05, 3.63) is 11.8 Å². The van der Waals surface area contributed by atoms with Gasteiger partial charge in [0.05, 0.1) is 19.1 Å². The van der Waals surface area contributed by atoms with Gasteiger partial charge in [-0.1, -0.05) is 13.8 Å². The van der Waals surface area contributed by atoms with Crippen LogP contribution < -0.4 is 5.32 Å². The molecule has 2 fully saturated rings. The molecule has 0 bridgehead atoms. The number of hydrogen-bond donors (Lipinski definition) is 1. The lowest BCUT2D eigenvalue weighted by molar-refractivity contribution is -0.127. The maximum atomic E-state index is 12.4. The minimum Gasteiger partial charge on any atom is -0.424 e. The highest BCUT2D eigenvalue weighted by atomic mass is 16.5. The quantitative estimate of drug-likeness (QED) is 0.672. The molecule has 0 spiro atoms. The number of aromatic nitrogens is 2. The molecule has 8 nitrogen and oxygen atoms in total. The van der Waals surface area contributed by atoms with Crippen molar-refractivity contribution in [1.29, 1.82) is 0 Å². The molecule has 8 heteroatoms. The molecule has 2 aliphatic rings. The normalized spacial score (nSPS) is 22.6. The second kappa shape index (κ2) is 10.3. The fourth-order valence-electron chi connectivity index (χ4n) is 4.17. The van der Waals surface area contributed by atoms with Gasteiger partial charge in [-0.05, 0) is 32.2 Å². The van der Waals surface area contributed by atoms with E-state index in [1.165, 1.54) is 0 Å². The zero-order chi connectivity index (χ0) is 19.9. The van der Waals surface area contributed by atoms with E-state index >= 15 is 0 Å². The number of piperidine rings is 2. The van der Waals surface area contributed by atoms with Crippen LogP contribution in [0.4, 0.5) is 0 Å². The molecular weight excluding hydrogens is 358 g/mol. The van der Waals surface area contributed by atoms with Crippen LogP contribution >= 0.6 is 0 Å². The van der Waals surface area contributed by atoms with Crippen LogP contribution in [0.25, 0.3) is 0 Å². The minimum absolute atomic E-state index is 0.108. The van der Waals surface area contributed by atoms with Crippen LogP contribution in [-0.2, 0) is 16.1 Å². The Morgan fingerprint density at radius 1 is 1.25 bits per heavy atom. The summed E-state index contributed by atoms with van der Waals surface area (Å²) < 4.78 is 10.8. The average molecular weight is 394 g/mol. The molecule has 158 valence electrons. The molecule has 1 unspecified atom stereocenters. The summed E-state index contributed by atoms with van der Waals surface area (Å²) >= 11 is 0. The van der Waals surface area contributed by atoms with Crippen LogP contribution in [0.3, 0.4) is 0 Å². The Labute approximate surface area is 168 Å². The third-order valence-corrected chi connectivity index (χ3v) is 5.84. The molecule has 28 heavy (non-hydrogen) atoms. The fourth-order valence-corrected chi connectivity index (χ4v) is 4.17. The van der Waals surface area contributed by atoms with Crippen molar-refractivity contribution in [2.45, 2.75) is 58.0 Å². The van der Waals surface area contributed by atoms with E-state index in [2.05, 4.69) is 39.2 Å². The largest absolute Gasteiger partial charge is 0.424 e. The number of nitrogens with zero attached hydrogens (tertiary/aromatic N) is 4. The second-order valence-corrected chi connectivity index (χ2v) is 8.31. The third kappa shape index (κ3) is 5.75. The minimum atomic E-state index is 0.108. The highest BCUT2D eigenvalue weighted by Gasteiger charge is 2.31. The summed E-state index contributed by atoms with van der Waals surface area (Å²) in [6.07, 6.45) is 4.35. The summed E-state index contributed by atoms with van der Waals surface area (Å²) in [7, 11) is 1.66. The van der Waals surface area contributed by atoms with Crippen molar-refractivity contribution >= 4 is 5.91 Å². The number of carbonyl (C=O) groups is 1. The lowest BCUT2D eigenvalue weighted by Crippen LogP contribution is -2.50. The number of ether oxygens (including phenoxy) is 1. The van der Waals surface area contributed by atoms with E-state index in [1.54, 1.807) is 7.11 Å². The number of nitrogens with one attached hydrogen (secondary N) is 1. The Bertz CT molecular complexity index is 613. The van der Waals surface area contributed by atoms with E-state index < -0.39 is 0 Å². The maximum Gasteiger partial charge on any atom is 0.230 e. The molecule has 3 rings (SSSR count). The molecule has 1 N–H and O–H groups in total. The monoisotopic (exact) mass is 393 g/mol. The van der Waals surface area contributed by atoms with Crippen LogP contribution in [0.5, 0.6) is 0 Å². The maximum absolute atomic E-state index is 12.4. The number of hydrogen-bond acceptors (Lipinski definition) is 7. The molecule has 0 aliphatic carbocycles. The number of carbonyl (C=O) groups excluding carboxylic acids is 1. The van der Waals surface area contributed by atoms with Gasteiger partial charge in [0.25, 0.3) is 0 Å². The number of amides is 1. The van der Waals surface area contributed by atoms with Gasteiger partial charge in [-0.2, -0.15) is 0 Å². The smallest absolute Gasteiger partial charge is 0.230 e. The summed E-state index contributed by atoms with van der Waals surface area (Å²) in [5.74, 6) is 1.99. The third-order valence-electron chi connectivity index (χ3n) is 5.84. The van der Waals surface area contributed by atoms with E-state index in [9.17, 15) is 4.79 Å². The van der Waals surface area contributed by atoms with Crippen LogP contribution in [-0.4, -0.2) is 78.4 Å². The first kappa shape index (κ1) is 21.2. The van der Waals surface area contributed by atoms with E-state index in [0.29, 0.717) is 31.0 Å². The summed E-state index contributed by atoms with van der Waals surface area (Å²) in [4.78, 5) is 17.3. The molecule has 1 amide bonds. The van der Waals surface area contributed by atoms with Crippen molar-refractivity contribution in [1.82, 2.24) is 25.3 Å². The number of methoxy groups -OCH3 is 1. The molecule has 1 aromatic heterocycles. The first-order valence-electron chi connectivity index (χ1n) is 10.6. The topological polar surface area (TPSA) is 83.7 Å². The summed E-state index contributed by atoms with van der Waals surface area (Å²) in [6.45, 7) is 10.1. The molecule has 3 heterocycles. The first-order valence-corrected chi connectivity index (χ1v) is 10.6.